The summed E-state index contributed by atoms with van der Waals surface area (Å²) in [5.41, 5.74) is -0.126. The van der Waals surface area contributed by atoms with Gasteiger partial charge in [-0.1, -0.05) is 0 Å². The molecule has 0 N–H and O–H groups in total. The van der Waals surface area contributed by atoms with Crippen molar-refractivity contribution < 1.29 is 9.53 Å². The van der Waals surface area contributed by atoms with E-state index >= 15 is 0 Å². The average Bonchev–Trinajstić information content (AvgIpc) is 2.90. The summed E-state index contributed by atoms with van der Waals surface area (Å²) in [6, 6.07) is 1.99. The Balaban J connectivity index is 1.58. The van der Waals surface area contributed by atoms with E-state index in [1.54, 1.807) is 0 Å². The van der Waals surface area contributed by atoms with E-state index in [1.807, 2.05) is 44.9 Å². The van der Waals surface area contributed by atoms with Gasteiger partial charge in [0.05, 0.1) is 0 Å². The van der Waals surface area contributed by atoms with E-state index in [-0.39, 0.29) is 6.09 Å². The van der Waals surface area contributed by atoms with Gasteiger partial charge in [0.25, 0.3) is 0 Å². The lowest BCUT2D eigenvalue weighted by Gasteiger charge is -2.39. The maximum Gasteiger partial charge on any atom is 0.410 e. The van der Waals surface area contributed by atoms with Crippen LogP contribution in [0.2, 0.25) is 0 Å². The third-order valence-corrected chi connectivity index (χ3v) is 5.00. The maximum atomic E-state index is 12.2. The van der Waals surface area contributed by atoms with Crippen molar-refractivity contribution in [3.8, 4) is 0 Å². The van der Waals surface area contributed by atoms with Gasteiger partial charge < -0.3 is 14.5 Å². The molecule has 6 nitrogen and oxygen atoms in total. The molecule has 2 aliphatic rings. The number of rotatable bonds is 1. The molecule has 1 aromatic heterocycles. The Morgan fingerprint density at radius 3 is 2.50 bits per heavy atom. The van der Waals surface area contributed by atoms with E-state index in [0.717, 1.165) is 57.1 Å². The van der Waals surface area contributed by atoms with Crippen LogP contribution in [-0.2, 0) is 4.74 Å². The van der Waals surface area contributed by atoms with Crippen LogP contribution in [0.4, 0.5) is 10.6 Å². The quantitative estimate of drug-likeness (QED) is 0.791. The molecule has 0 unspecified atom stereocenters. The lowest BCUT2D eigenvalue weighted by atomic mass is 9.78. The van der Waals surface area contributed by atoms with Crippen molar-refractivity contribution in [3.63, 3.8) is 0 Å². The molecular formula is C18H28N4O2. The molecule has 2 fully saturated rings. The zero-order chi connectivity index (χ0) is 17.4. The Labute approximate surface area is 144 Å². The monoisotopic (exact) mass is 332 g/mol. The molecule has 0 saturated carbocycles. The number of aryl methyl sites for hydroxylation is 1. The second-order valence-corrected chi connectivity index (χ2v) is 8.10. The molecule has 132 valence electrons. The Bertz CT molecular complexity index is 603. The minimum Gasteiger partial charge on any atom is -0.444 e. The highest BCUT2D eigenvalue weighted by Crippen LogP contribution is 2.41. The van der Waals surface area contributed by atoms with Crippen LogP contribution >= 0.6 is 0 Å². The molecule has 6 heteroatoms. The van der Waals surface area contributed by atoms with E-state index in [2.05, 4.69) is 14.9 Å². The highest BCUT2D eigenvalue weighted by atomic mass is 16.6. The van der Waals surface area contributed by atoms with E-state index in [1.165, 1.54) is 0 Å². The van der Waals surface area contributed by atoms with Gasteiger partial charge in [-0.3, -0.25) is 0 Å². The van der Waals surface area contributed by atoms with Gasteiger partial charge in [0.1, 0.15) is 17.2 Å². The van der Waals surface area contributed by atoms with Crippen LogP contribution in [0, 0.1) is 12.3 Å². The summed E-state index contributed by atoms with van der Waals surface area (Å²) in [6.45, 7) is 11.3. The molecular weight excluding hydrogens is 304 g/mol. The van der Waals surface area contributed by atoms with Crippen molar-refractivity contribution in [1.82, 2.24) is 14.9 Å². The standard InChI is InChI=1S/C18H28N4O2/c1-14-19-9-5-15(20-14)22-12-8-18(13-22)6-10-21(11-7-18)16(23)24-17(2,3)4/h5,9H,6-8,10-13H2,1-4H3. The summed E-state index contributed by atoms with van der Waals surface area (Å²) in [4.78, 5) is 25.2. The second-order valence-electron chi connectivity index (χ2n) is 8.10. The highest BCUT2D eigenvalue weighted by molar-refractivity contribution is 5.68. The zero-order valence-corrected chi connectivity index (χ0v) is 15.2. The lowest BCUT2D eigenvalue weighted by Crippen LogP contribution is -2.46. The molecule has 0 aromatic carbocycles. The van der Waals surface area contributed by atoms with Crippen molar-refractivity contribution in [2.75, 3.05) is 31.1 Å². The summed E-state index contributed by atoms with van der Waals surface area (Å²) < 4.78 is 5.49. The number of amides is 1. The predicted molar refractivity (Wildman–Crippen MR) is 93.1 cm³/mol. The first-order valence-corrected chi connectivity index (χ1v) is 8.79. The van der Waals surface area contributed by atoms with Crippen molar-refractivity contribution in [3.05, 3.63) is 18.1 Å². The van der Waals surface area contributed by atoms with Gasteiger partial charge in [0.2, 0.25) is 0 Å². The van der Waals surface area contributed by atoms with E-state index in [0.29, 0.717) is 5.41 Å². The molecule has 2 aliphatic heterocycles. The first kappa shape index (κ1) is 17.0. The second kappa shape index (κ2) is 6.22. The molecule has 0 atom stereocenters. The fraction of sp³-hybridized carbons (Fsp3) is 0.722. The fourth-order valence-electron chi connectivity index (χ4n) is 3.65. The number of hydrogen-bond donors (Lipinski definition) is 0. The Hall–Kier alpha value is -1.85. The van der Waals surface area contributed by atoms with Crippen LogP contribution < -0.4 is 4.90 Å². The SMILES string of the molecule is Cc1nccc(N2CCC3(CCN(C(=O)OC(C)(C)C)CC3)C2)n1. The number of aromatic nitrogens is 2. The van der Waals surface area contributed by atoms with Crippen molar-refractivity contribution in [2.24, 2.45) is 5.41 Å². The first-order valence-electron chi connectivity index (χ1n) is 8.79. The zero-order valence-electron chi connectivity index (χ0n) is 15.2. The predicted octanol–water partition coefficient (Wildman–Crippen LogP) is 3.01. The van der Waals surface area contributed by atoms with E-state index in [9.17, 15) is 4.79 Å². The summed E-state index contributed by atoms with van der Waals surface area (Å²) >= 11 is 0. The van der Waals surface area contributed by atoms with Crippen molar-refractivity contribution in [1.29, 1.82) is 0 Å². The van der Waals surface area contributed by atoms with E-state index < -0.39 is 5.60 Å². The number of hydrogen-bond acceptors (Lipinski definition) is 5. The Kier molecular flexibility index (Phi) is 4.40. The summed E-state index contributed by atoms with van der Waals surface area (Å²) in [7, 11) is 0. The van der Waals surface area contributed by atoms with Gasteiger partial charge in [0, 0.05) is 32.4 Å². The number of piperidine rings is 1. The molecule has 0 aliphatic carbocycles. The Morgan fingerprint density at radius 1 is 1.21 bits per heavy atom. The van der Waals surface area contributed by atoms with Crippen LogP contribution in [-0.4, -0.2) is 52.7 Å². The number of nitrogens with zero attached hydrogens (tertiary/aromatic N) is 4. The number of carbonyl (C=O) groups excluding carboxylic acids is 1. The van der Waals surface area contributed by atoms with Gasteiger partial charge >= 0.3 is 6.09 Å². The maximum absolute atomic E-state index is 12.2. The third kappa shape index (κ3) is 3.79. The van der Waals surface area contributed by atoms with E-state index in [4.69, 9.17) is 4.74 Å². The normalized spacial score (nSPS) is 20.5. The van der Waals surface area contributed by atoms with Gasteiger partial charge in [-0.05, 0) is 58.4 Å². The molecule has 3 heterocycles. The number of ether oxygens (including phenoxy) is 1. The largest absolute Gasteiger partial charge is 0.444 e. The van der Waals surface area contributed by atoms with Gasteiger partial charge in [-0.25, -0.2) is 14.8 Å². The van der Waals surface area contributed by atoms with Crippen LogP contribution in [0.5, 0.6) is 0 Å². The summed E-state index contributed by atoms with van der Waals surface area (Å²) in [5.74, 6) is 1.84. The third-order valence-electron chi connectivity index (χ3n) is 5.00. The summed E-state index contributed by atoms with van der Waals surface area (Å²) in [5, 5.41) is 0. The van der Waals surface area contributed by atoms with Crippen LogP contribution in [0.15, 0.2) is 12.3 Å². The van der Waals surface area contributed by atoms with Gasteiger partial charge in [-0.2, -0.15) is 0 Å². The minimum atomic E-state index is -0.429. The van der Waals surface area contributed by atoms with Crippen molar-refractivity contribution in [2.45, 2.75) is 52.6 Å². The van der Waals surface area contributed by atoms with Crippen LogP contribution in [0.3, 0.4) is 0 Å². The smallest absolute Gasteiger partial charge is 0.410 e. The molecule has 3 rings (SSSR count). The van der Waals surface area contributed by atoms with Gasteiger partial charge in [-0.15, -0.1) is 0 Å². The topological polar surface area (TPSA) is 58.6 Å². The Morgan fingerprint density at radius 2 is 1.88 bits per heavy atom. The average molecular weight is 332 g/mol. The van der Waals surface area contributed by atoms with Crippen molar-refractivity contribution >= 4 is 11.9 Å². The molecule has 2 saturated heterocycles. The lowest BCUT2D eigenvalue weighted by molar-refractivity contribution is 0.0122. The van der Waals surface area contributed by atoms with Gasteiger partial charge in [0.15, 0.2) is 0 Å². The fourth-order valence-corrected chi connectivity index (χ4v) is 3.65. The molecule has 0 radical (unpaired) electrons. The molecule has 1 amide bonds. The first-order chi connectivity index (χ1) is 11.3. The number of likely N-dealkylation sites (tertiary alicyclic amines) is 1. The number of anilines is 1. The molecule has 1 spiro atoms. The molecule has 24 heavy (non-hydrogen) atoms. The minimum absolute atomic E-state index is 0.182. The highest BCUT2D eigenvalue weighted by Gasteiger charge is 2.42. The molecule has 0 bridgehead atoms. The van der Waals surface area contributed by atoms with Crippen LogP contribution in [0.1, 0.15) is 45.9 Å². The molecule has 1 aromatic rings. The summed E-state index contributed by atoms with van der Waals surface area (Å²) in [6.07, 6.45) is 4.88. The van der Waals surface area contributed by atoms with Crippen LogP contribution in [0.25, 0.3) is 0 Å². The number of carbonyl (C=O) groups is 1.